The van der Waals surface area contributed by atoms with Gasteiger partial charge in [-0.2, -0.15) is 0 Å². The molecule has 0 aliphatic carbocycles. The molecular formula is C18H29BNO2+. The van der Waals surface area contributed by atoms with Gasteiger partial charge in [0.1, 0.15) is 6.54 Å². The molecule has 1 aliphatic rings. The second-order valence-corrected chi connectivity index (χ2v) is 8.17. The first kappa shape index (κ1) is 17.3. The Labute approximate surface area is 135 Å². The van der Waals surface area contributed by atoms with Crippen LogP contribution in [0.15, 0.2) is 30.2 Å². The van der Waals surface area contributed by atoms with Crippen LogP contribution in [0.4, 0.5) is 0 Å². The van der Waals surface area contributed by atoms with Crippen molar-refractivity contribution in [1.29, 1.82) is 0 Å². The van der Waals surface area contributed by atoms with Crippen molar-refractivity contribution in [2.45, 2.75) is 45.4 Å². The second kappa shape index (κ2) is 5.84. The third-order valence-electron chi connectivity index (χ3n) is 4.35. The molecule has 1 fully saturated rings. The van der Waals surface area contributed by atoms with Crippen LogP contribution in [0.25, 0.3) is 6.08 Å². The van der Waals surface area contributed by atoms with Crippen molar-refractivity contribution in [2.24, 2.45) is 0 Å². The van der Waals surface area contributed by atoms with Crippen LogP contribution in [-0.4, -0.2) is 43.9 Å². The lowest BCUT2D eigenvalue weighted by Gasteiger charge is -2.32. The summed E-state index contributed by atoms with van der Waals surface area (Å²) in [5, 5.41) is 0. The van der Waals surface area contributed by atoms with E-state index in [1.165, 1.54) is 11.1 Å². The summed E-state index contributed by atoms with van der Waals surface area (Å²) in [4.78, 5) is 0. The van der Waals surface area contributed by atoms with Gasteiger partial charge in [0.05, 0.1) is 32.3 Å². The molecule has 0 amide bonds. The average Bonchev–Trinajstić information content (AvgIpc) is 2.55. The Morgan fingerprint density at radius 2 is 1.45 bits per heavy atom. The van der Waals surface area contributed by atoms with Crippen molar-refractivity contribution < 1.29 is 13.8 Å². The highest BCUT2D eigenvalue weighted by molar-refractivity contribution is 6.52. The summed E-state index contributed by atoms with van der Waals surface area (Å²) < 4.78 is 12.9. The number of hydrogen-bond acceptors (Lipinski definition) is 2. The lowest BCUT2D eigenvalue weighted by atomic mass is 9.89. The number of hydrogen-bond donors (Lipinski definition) is 0. The van der Waals surface area contributed by atoms with Crippen LogP contribution in [0, 0.1) is 0 Å². The summed E-state index contributed by atoms with van der Waals surface area (Å²) >= 11 is 0. The number of quaternary nitrogens is 1. The Morgan fingerprint density at radius 1 is 0.955 bits per heavy atom. The van der Waals surface area contributed by atoms with Crippen molar-refractivity contribution in [3.63, 3.8) is 0 Å². The molecular weight excluding hydrogens is 273 g/mol. The molecule has 2 rings (SSSR count). The van der Waals surface area contributed by atoms with E-state index in [-0.39, 0.29) is 18.3 Å². The van der Waals surface area contributed by atoms with Gasteiger partial charge >= 0.3 is 7.12 Å². The van der Waals surface area contributed by atoms with Gasteiger partial charge < -0.3 is 13.8 Å². The molecule has 0 radical (unpaired) electrons. The van der Waals surface area contributed by atoms with Gasteiger partial charge in [-0.3, -0.25) is 0 Å². The maximum Gasteiger partial charge on any atom is 0.487 e. The molecule has 0 aromatic heterocycles. The van der Waals surface area contributed by atoms with E-state index < -0.39 is 0 Å². The van der Waals surface area contributed by atoms with Crippen molar-refractivity contribution in [3.05, 3.63) is 41.4 Å². The summed E-state index contributed by atoms with van der Waals surface area (Å²) in [6, 6.07) is 8.67. The zero-order valence-electron chi connectivity index (χ0n) is 15.0. The van der Waals surface area contributed by atoms with E-state index >= 15 is 0 Å². The quantitative estimate of drug-likeness (QED) is 0.625. The molecule has 120 valence electrons. The van der Waals surface area contributed by atoms with Gasteiger partial charge in [0.25, 0.3) is 0 Å². The van der Waals surface area contributed by atoms with Crippen LogP contribution in [0.2, 0.25) is 0 Å². The fraction of sp³-hybridized carbons (Fsp3) is 0.556. The van der Waals surface area contributed by atoms with Crippen molar-refractivity contribution in [1.82, 2.24) is 0 Å². The first-order valence-corrected chi connectivity index (χ1v) is 7.92. The predicted molar refractivity (Wildman–Crippen MR) is 93.3 cm³/mol. The summed E-state index contributed by atoms with van der Waals surface area (Å²) in [5.41, 5.74) is 1.95. The highest BCUT2D eigenvalue weighted by Crippen LogP contribution is 2.37. The Morgan fingerprint density at radius 3 is 1.91 bits per heavy atom. The van der Waals surface area contributed by atoms with E-state index in [2.05, 4.69) is 79.2 Å². The molecule has 1 aliphatic heterocycles. The van der Waals surface area contributed by atoms with Crippen molar-refractivity contribution >= 4 is 13.2 Å². The molecule has 0 N–H and O–H groups in total. The Kier molecular flexibility index (Phi) is 4.58. The molecule has 22 heavy (non-hydrogen) atoms. The zero-order valence-corrected chi connectivity index (χ0v) is 15.0. The summed E-state index contributed by atoms with van der Waals surface area (Å²) in [6.07, 6.45) is 2.07. The summed E-state index contributed by atoms with van der Waals surface area (Å²) in [6.45, 7) is 9.31. The number of rotatable bonds is 4. The predicted octanol–water partition coefficient (Wildman–Crippen LogP) is 3.54. The molecule has 0 atom stereocenters. The van der Waals surface area contributed by atoms with Crippen LogP contribution in [0.5, 0.6) is 0 Å². The zero-order chi connectivity index (χ0) is 16.6. The molecule has 1 aromatic carbocycles. The lowest BCUT2D eigenvalue weighted by Crippen LogP contribution is -2.41. The fourth-order valence-corrected chi connectivity index (χ4v) is 2.44. The van der Waals surface area contributed by atoms with E-state index in [0.29, 0.717) is 0 Å². The van der Waals surface area contributed by atoms with Gasteiger partial charge in [-0.1, -0.05) is 36.3 Å². The maximum absolute atomic E-state index is 5.96. The smallest absolute Gasteiger partial charge is 0.400 e. The number of benzene rings is 1. The minimum absolute atomic E-state index is 0.281. The Bertz CT molecular complexity index is 525. The van der Waals surface area contributed by atoms with Crippen molar-refractivity contribution in [3.8, 4) is 0 Å². The van der Waals surface area contributed by atoms with Gasteiger partial charge in [0.15, 0.2) is 0 Å². The van der Waals surface area contributed by atoms with Crippen LogP contribution in [0.3, 0.4) is 0 Å². The van der Waals surface area contributed by atoms with Crippen LogP contribution in [-0.2, 0) is 15.9 Å². The monoisotopic (exact) mass is 302 g/mol. The normalized spacial score (nSPS) is 20.8. The van der Waals surface area contributed by atoms with Gasteiger partial charge in [0, 0.05) is 5.56 Å². The van der Waals surface area contributed by atoms with Crippen molar-refractivity contribution in [2.75, 3.05) is 21.1 Å². The second-order valence-electron chi connectivity index (χ2n) is 8.17. The van der Waals surface area contributed by atoms with Crippen LogP contribution >= 0.6 is 0 Å². The Balaban J connectivity index is 2.00. The third kappa shape index (κ3) is 4.22. The van der Waals surface area contributed by atoms with Gasteiger partial charge in [-0.15, -0.1) is 0 Å². The van der Waals surface area contributed by atoms with E-state index in [9.17, 15) is 0 Å². The SMILES string of the molecule is CC1(C)OB(/C=C/c2ccc(C[N+](C)(C)C)cc2)OC1(C)C. The molecule has 0 unspecified atom stereocenters. The topological polar surface area (TPSA) is 18.5 Å². The first-order chi connectivity index (χ1) is 9.98. The summed E-state index contributed by atoms with van der Waals surface area (Å²) in [5.74, 6) is 1.99. The lowest BCUT2D eigenvalue weighted by molar-refractivity contribution is -0.884. The molecule has 1 aromatic rings. The van der Waals surface area contributed by atoms with E-state index in [0.717, 1.165) is 11.0 Å². The average molecular weight is 302 g/mol. The van der Waals surface area contributed by atoms with Crippen LogP contribution < -0.4 is 0 Å². The van der Waals surface area contributed by atoms with Gasteiger partial charge in [-0.05, 0) is 33.3 Å². The number of nitrogens with zero attached hydrogens (tertiary/aromatic N) is 1. The maximum atomic E-state index is 5.96. The first-order valence-electron chi connectivity index (χ1n) is 7.92. The fourth-order valence-electron chi connectivity index (χ4n) is 2.44. The highest BCUT2D eigenvalue weighted by atomic mass is 16.7. The molecule has 1 heterocycles. The van der Waals surface area contributed by atoms with Gasteiger partial charge in [0.2, 0.25) is 0 Å². The molecule has 3 nitrogen and oxygen atoms in total. The molecule has 0 spiro atoms. The molecule has 0 saturated carbocycles. The highest BCUT2D eigenvalue weighted by Gasteiger charge is 2.49. The van der Waals surface area contributed by atoms with Crippen LogP contribution in [0.1, 0.15) is 38.8 Å². The standard InChI is InChI=1S/C18H29BNO2/c1-17(2)18(3,4)22-19(21-17)13-12-15-8-10-16(11-9-15)14-20(5,6)7/h8-13H,14H2,1-7H3/q+1/b13-12+. The largest absolute Gasteiger partial charge is 0.487 e. The van der Waals surface area contributed by atoms with E-state index in [4.69, 9.17) is 9.31 Å². The molecule has 4 heteroatoms. The molecule has 1 saturated heterocycles. The third-order valence-corrected chi connectivity index (χ3v) is 4.35. The minimum Gasteiger partial charge on any atom is -0.400 e. The van der Waals surface area contributed by atoms with E-state index in [1.54, 1.807) is 0 Å². The van der Waals surface area contributed by atoms with Gasteiger partial charge in [-0.25, -0.2) is 0 Å². The Hall–Kier alpha value is -1.10. The summed E-state index contributed by atoms with van der Waals surface area (Å²) in [7, 11) is 6.32. The minimum atomic E-state index is -0.282. The molecule has 0 bridgehead atoms. The van der Waals surface area contributed by atoms with E-state index in [1.807, 2.05) is 5.98 Å².